The van der Waals surface area contributed by atoms with E-state index in [1.165, 1.54) is 72.8 Å². The molecule has 136 valence electrons. The van der Waals surface area contributed by atoms with Crippen molar-refractivity contribution in [1.82, 2.24) is 9.80 Å². The van der Waals surface area contributed by atoms with Crippen molar-refractivity contribution < 1.29 is 5.11 Å². The zero-order chi connectivity index (χ0) is 17.7. The lowest BCUT2D eigenvalue weighted by molar-refractivity contribution is 0.153. The van der Waals surface area contributed by atoms with Crippen LogP contribution in [0.1, 0.15) is 37.7 Å². The van der Waals surface area contributed by atoms with Crippen LogP contribution in [-0.4, -0.2) is 47.3 Å². The van der Waals surface area contributed by atoms with Gasteiger partial charge in [-0.2, -0.15) is 0 Å². The molecule has 3 nitrogen and oxygen atoms in total. The van der Waals surface area contributed by atoms with Gasteiger partial charge in [-0.1, -0.05) is 36.4 Å². The van der Waals surface area contributed by atoms with E-state index >= 15 is 0 Å². The summed E-state index contributed by atoms with van der Waals surface area (Å²) in [6.45, 7) is 2.54. The maximum atomic E-state index is 9.89. The number of aliphatic hydroxyl groups is 1. The first kappa shape index (κ1) is 16.3. The van der Waals surface area contributed by atoms with E-state index in [2.05, 4.69) is 59.3 Å². The molecule has 1 N–H and O–H groups in total. The third-order valence-corrected chi connectivity index (χ3v) is 6.97. The Balaban J connectivity index is 1.70. The molecule has 2 aliphatic carbocycles. The molecular weight excluding hydrogens is 320 g/mol. The van der Waals surface area contributed by atoms with Gasteiger partial charge in [-0.05, 0) is 73.2 Å². The summed E-state index contributed by atoms with van der Waals surface area (Å²) in [5, 5.41) is 12.5. The number of rotatable bonds is 4. The third kappa shape index (κ3) is 2.27. The number of hydrogen-bond donors (Lipinski definition) is 1. The topological polar surface area (TPSA) is 26.7 Å². The van der Waals surface area contributed by atoms with Gasteiger partial charge in [0.25, 0.3) is 0 Å². The molecule has 2 aromatic rings. The van der Waals surface area contributed by atoms with Gasteiger partial charge in [0, 0.05) is 24.2 Å². The summed E-state index contributed by atoms with van der Waals surface area (Å²) in [5.74, 6) is 0.592. The van der Waals surface area contributed by atoms with E-state index in [1.54, 1.807) is 0 Å². The number of allylic oxidation sites excluding steroid dienone is 1. The molecule has 3 heteroatoms. The number of benzene rings is 2. The number of hydrogen-bond acceptors (Lipinski definition) is 3. The summed E-state index contributed by atoms with van der Waals surface area (Å²) >= 11 is 0. The van der Waals surface area contributed by atoms with E-state index in [0.717, 1.165) is 0 Å². The van der Waals surface area contributed by atoms with Gasteiger partial charge in [-0.25, -0.2) is 0 Å². The molecule has 5 rings (SSSR count). The Kier molecular flexibility index (Phi) is 3.84. The van der Waals surface area contributed by atoms with Crippen LogP contribution in [0.3, 0.4) is 0 Å². The summed E-state index contributed by atoms with van der Waals surface area (Å²) in [7, 11) is 2.05. The summed E-state index contributed by atoms with van der Waals surface area (Å²) in [4.78, 5) is 4.85. The van der Waals surface area contributed by atoms with E-state index in [4.69, 9.17) is 0 Å². The first-order valence-electron chi connectivity index (χ1n) is 10.0. The van der Waals surface area contributed by atoms with Gasteiger partial charge in [0.2, 0.25) is 0 Å². The zero-order valence-corrected chi connectivity index (χ0v) is 15.6. The zero-order valence-electron chi connectivity index (χ0n) is 15.6. The summed E-state index contributed by atoms with van der Waals surface area (Å²) in [6.07, 6.45) is 6.40. The molecule has 0 radical (unpaired) electrons. The van der Waals surface area contributed by atoms with E-state index in [-0.39, 0.29) is 12.3 Å². The monoisotopic (exact) mass is 348 g/mol. The van der Waals surface area contributed by atoms with Crippen molar-refractivity contribution in [3.8, 4) is 0 Å². The first-order valence-corrected chi connectivity index (χ1v) is 10.0. The highest BCUT2D eigenvalue weighted by molar-refractivity contribution is 5.89. The van der Waals surface area contributed by atoms with Crippen molar-refractivity contribution in [2.24, 2.45) is 5.92 Å². The maximum absolute atomic E-state index is 9.89. The minimum atomic E-state index is 0.0962. The molecule has 3 aliphatic rings. The van der Waals surface area contributed by atoms with Crippen LogP contribution >= 0.6 is 0 Å². The Morgan fingerprint density at radius 2 is 1.88 bits per heavy atom. The average molecular weight is 348 g/mol. The van der Waals surface area contributed by atoms with Crippen molar-refractivity contribution in [3.05, 3.63) is 53.7 Å². The van der Waals surface area contributed by atoms with Gasteiger partial charge in [-0.15, -0.1) is 0 Å². The van der Waals surface area contributed by atoms with Crippen LogP contribution in [0, 0.1) is 5.92 Å². The molecule has 0 amide bonds. The molecule has 2 unspecified atom stereocenters. The van der Waals surface area contributed by atoms with Gasteiger partial charge in [-0.3, -0.25) is 4.90 Å². The van der Waals surface area contributed by atoms with Gasteiger partial charge < -0.3 is 10.0 Å². The normalized spacial score (nSPS) is 28.5. The number of nitrogens with zero attached hydrogens (tertiary/aromatic N) is 2. The van der Waals surface area contributed by atoms with Crippen molar-refractivity contribution in [1.29, 1.82) is 0 Å². The van der Waals surface area contributed by atoms with Crippen molar-refractivity contribution in [2.75, 3.05) is 26.9 Å². The van der Waals surface area contributed by atoms with Crippen LogP contribution in [0.2, 0.25) is 0 Å². The lowest BCUT2D eigenvalue weighted by atomic mass is 9.82. The van der Waals surface area contributed by atoms with Gasteiger partial charge in [0.15, 0.2) is 0 Å². The van der Waals surface area contributed by atoms with Crippen LogP contribution < -0.4 is 0 Å². The Bertz CT molecular complexity index is 867. The Morgan fingerprint density at radius 3 is 2.65 bits per heavy atom. The maximum Gasteiger partial charge on any atom is 0.115 e. The second-order valence-corrected chi connectivity index (χ2v) is 8.33. The van der Waals surface area contributed by atoms with Crippen molar-refractivity contribution in [3.63, 3.8) is 0 Å². The molecule has 1 saturated heterocycles. The van der Waals surface area contributed by atoms with Crippen LogP contribution in [0.4, 0.5) is 0 Å². The highest BCUT2D eigenvalue weighted by atomic mass is 16.3. The lowest BCUT2D eigenvalue weighted by Crippen LogP contribution is -2.45. The molecule has 2 atom stereocenters. The van der Waals surface area contributed by atoms with E-state index in [1.807, 2.05) is 0 Å². The van der Waals surface area contributed by atoms with Crippen molar-refractivity contribution in [2.45, 2.75) is 37.6 Å². The fraction of sp³-hybridized carbons (Fsp3) is 0.478. The highest BCUT2D eigenvalue weighted by Crippen LogP contribution is 2.59. The molecular formula is C23H28N2O. The van der Waals surface area contributed by atoms with Crippen LogP contribution in [0.25, 0.3) is 16.3 Å². The van der Waals surface area contributed by atoms with Gasteiger partial charge in [0.05, 0.1) is 0 Å². The quantitative estimate of drug-likeness (QED) is 0.844. The van der Waals surface area contributed by atoms with Crippen molar-refractivity contribution >= 4 is 16.3 Å². The summed E-state index contributed by atoms with van der Waals surface area (Å²) in [5.41, 5.74) is 4.43. The molecule has 0 spiro atoms. The highest BCUT2D eigenvalue weighted by Gasteiger charge is 2.55. The molecule has 2 bridgehead atoms. The Labute approximate surface area is 155 Å². The Hall–Kier alpha value is -1.84. The second kappa shape index (κ2) is 6.11. The molecule has 1 heterocycles. The predicted molar refractivity (Wildman–Crippen MR) is 107 cm³/mol. The summed E-state index contributed by atoms with van der Waals surface area (Å²) in [6, 6.07) is 15.6. The molecule has 0 aromatic heterocycles. The van der Waals surface area contributed by atoms with Crippen LogP contribution in [0.5, 0.6) is 0 Å². The second-order valence-electron chi connectivity index (χ2n) is 8.33. The minimum Gasteiger partial charge on any atom is -0.376 e. The SMILES string of the molecule is CN(CO)C1=C(c2ccc3ccccc3c2)C2(N3CCCC3)CCC1C2. The molecule has 2 aromatic carbocycles. The largest absolute Gasteiger partial charge is 0.376 e. The lowest BCUT2D eigenvalue weighted by Gasteiger charge is -2.41. The van der Waals surface area contributed by atoms with Crippen LogP contribution in [0.15, 0.2) is 48.2 Å². The standard InChI is InChI=1S/C23H28N2O/c1-24(16-26)22-20-10-11-23(15-20,25-12-4-5-13-25)21(22)19-9-8-17-6-2-3-7-18(17)14-19/h2-3,6-9,14,20,26H,4-5,10-13,15-16H2,1H3. The average Bonchev–Trinajstić information content (AvgIpc) is 3.41. The fourth-order valence-electron chi connectivity index (χ4n) is 5.86. The first-order chi connectivity index (χ1) is 12.7. The van der Waals surface area contributed by atoms with Crippen LogP contribution in [-0.2, 0) is 0 Å². The Morgan fingerprint density at radius 1 is 1.12 bits per heavy atom. The molecule has 1 aliphatic heterocycles. The summed E-state index contributed by atoms with van der Waals surface area (Å²) < 4.78 is 0. The fourth-order valence-corrected chi connectivity index (χ4v) is 5.86. The smallest absolute Gasteiger partial charge is 0.115 e. The van der Waals surface area contributed by atoms with E-state index < -0.39 is 0 Å². The molecule has 2 fully saturated rings. The van der Waals surface area contributed by atoms with E-state index in [9.17, 15) is 5.11 Å². The third-order valence-electron chi connectivity index (χ3n) is 6.97. The minimum absolute atomic E-state index is 0.0962. The molecule has 1 saturated carbocycles. The predicted octanol–water partition coefficient (Wildman–Crippen LogP) is 4.08. The number of aliphatic hydroxyl groups excluding tert-OH is 1. The van der Waals surface area contributed by atoms with E-state index in [0.29, 0.717) is 5.92 Å². The number of likely N-dealkylation sites (tertiary alicyclic amines) is 1. The number of fused-ring (bicyclic) bond motifs is 3. The van der Waals surface area contributed by atoms with Gasteiger partial charge in [0.1, 0.15) is 6.73 Å². The molecule has 26 heavy (non-hydrogen) atoms. The van der Waals surface area contributed by atoms with Gasteiger partial charge >= 0.3 is 0 Å².